The molecule has 0 aliphatic carbocycles. The van der Waals surface area contributed by atoms with Gasteiger partial charge >= 0.3 is 0 Å². The van der Waals surface area contributed by atoms with Gasteiger partial charge in [0.05, 0.1) is 16.9 Å². The van der Waals surface area contributed by atoms with E-state index in [1.165, 1.54) is 0 Å². The van der Waals surface area contributed by atoms with Gasteiger partial charge in [0.1, 0.15) is 6.07 Å². The van der Waals surface area contributed by atoms with Crippen LogP contribution in [0.2, 0.25) is 0 Å². The average molecular weight is 185 g/mol. The van der Waals surface area contributed by atoms with Crippen molar-refractivity contribution in [3.8, 4) is 6.07 Å². The molecule has 3 nitrogen and oxygen atoms in total. The Labute approximate surface area is 83.1 Å². The molecule has 2 N–H and O–H groups in total. The van der Waals surface area contributed by atoms with Crippen molar-refractivity contribution in [3.05, 3.63) is 35.9 Å². The van der Waals surface area contributed by atoms with Crippen LogP contribution in [-0.2, 0) is 0 Å². The summed E-state index contributed by atoms with van der Waals surface area (Å²) >= 11 is 0. The molecule has 2 rings (SSSR count). The molecule has 0 aromatic heterocycles. The fraction of sp³-hybridized carbons (Fsp3) is 0.182. The van der Waals surface area contributed by atoms with E-state index in [9.17, 15) is 0 Å². The van der Waals surface area contributed by atoms with Crippen LogP contribution in [0.3, 0.4) is 0 Å². The molecular formula is C11H11N3. The Kier molecular flexibility index (Phi) is 2.11. The summed E-state index contributed by atoms with van der Waals surface area (Å²) in [5, 5.41) is 8.82. The Hall–Kier alpha value is -1.95. The van der Waals surface area contributed by atoms with E-state index in [1.54, 1.807) is 6.07 Å². The van der Waals surface area contributed by atoms with Gasteiger partial charge in [0, 0.05) is 13.1 Å². The first kappa shape index (κ1) is 8.64. The number of hydrogen-bond acceptors (Lipinski definition) is 3. The average Bonchev–Trinajstić information content (AvgIpc) is 2.71. The van der Waals surface area contributed by atoms with Crippen LogP contribution in [0.4, 0.5) is 11.4 Å². The summed E-state index contributed by atoms with van der Waals surface area (Å²) in [6.45, 7) is 1.75. The zero-order valence-corrected chi connectivity index (χ0v) is 7.77. The van der Waals surface area contributed by atoms with E-state index in [0.29, 0.717) is 11.3 Å². The standard InChI is InChI=1S/C11H11N3/c12-8-9-4-3-5-10(11(9)13)14-6-1-2-7-14/h1-5H,6-7,13H2. The molecule has 0 saturated heterocycles. The summed E-state index contributed by atoms with van der Waals surface area (Å²) in [6.07, 6.45) is 4.19. The van der Waals surface area contributed by atoms with E-state index in [1.807, 2.05) is 12.1 Å². The monoisotopic (exact) mass is 185 g/mol. The molecule has 14 heavy (non-hydrogen) atoms. The molecular weight excluding hydrogens is 174 g/mol. The first-order valence-corrected chi connectivity index (χ1v) is 4.51. The molecule has 1 aromatic carbocycles. The Bertz CT molecular complexity index is 407. The van der Waals surface area contributed by atoms with Crippen molar-refractivity contribution >= 4 is 11.4 Å². The number of nitriles is 1. The van der Waals surface area contributed by atoms with Crippen molar-refractivity contribution in [1.29, 1.82) is 5.26 Å². The van der Waals surface area contributed by atoms with Gasteiger partial charge in [-0.3, -0.25) is 0 Å². The third-order valence-electron chi connectivity index (χ3n) is 2.36. The number of benzene rings is 1. The van der Waals surface area contributed by atoms with Crippen molar-refractivity contribution in [3.63, 3.8) is 0 Å². The quantitative estimate of drug-likeness (QED) is 0.533. The van der Waals surface area contributed by atoms with Gasteiger partial charge in [0.15, 0.2) is 0 Å². The predicted octanol–water partition coefficient (Wildman–Crippen LogP) is 1.52. The van der Waals surface area contributed by atoms with Crippen molar-refractivity contribution < 1.29 is 0 Å². The third kappa shape index (κ3) is 1.31. The first-order valence-electron chi connectivity index (χ1n) is 4.51. The molecule has 3 heteroatoms. The second-order valence-corrected chi connectivity index (χ2v) is 3.23. The lowest BCUT2D eigenvalue weighted by Gasteiger charge is -2.19. The van der Waals surface area contributed by atoms with Crippen LogP contribution in [0, 0.1) is 11.3 Å². The van der Waals surface area contributed by atoms with Gasteiger partial charge in [-0.1, -0.05) is 18.2 Å². The molecule has 0 amide bonds. The summed E-state index contributed by atoms with van der Waals surface area (Å²) in [5.74, 6) is 0. The maximum atomic E-state index is 8.82. The molecule has 1 aliphatic rings. The summed E-state index contributed by atoms with van der Waals surface area (Å²) in [6, 6.07) is 7.64. The third-order valence-corrected chi connectivity index (χ3v) is 2.36. The molecule has 0 unspecified atom stereocenters. The lowest BCUT2D eigenvalue weighted by Crippen LogP contribution is -2.20. The largest absolute Gasteiger partial charge is 0.396 e. The molecule has 0 fully saturated rings. The van der Waals surface area contributed by atoms with E-state index >= 15 is 0 Å². The normalized spacial score (nSPS) is 14.4. The maximum absolute atomic E-state index is 8.82. The Morgan fingerprint density at radius 2 is 2.00 bits per heavy atom. The molecule has 0 radical (unpaired) electrons. The predicted molar refractivity (Wildman–Crippen MR) is 56.9 cm³/mol. The molecule has 70 valence electrons. The minimum Gasteiger partial charge on any atom is -0.396 e. The van der Waals surface area contributed by atoms with Gasteiger partial charge in [0.25, 0.3) is 0 Å². The number of hydrogen-bond donors (Lipinski definition) is 1. The van der Waals surface area contributed by atoms with Crippen LogP contribution in [-0.4, -0.2) is 13.1 Å². The van der Waals surface area contributed by atoms with Crippen LogP contribution in [0.15, 0.2) is 30.4 Å². The second-order valence-electron chi connectivity index (χ2n) is 3.23. The number of rotatable bonds is 1. The van der Waals surface area contributed by atoms with Crippen LogP contribution in [0.1, 0.15) is 5.56 Å². The minimum atomic E-state index is 0.550. The smallest absolute Gasteiger partial charge is 0.101 e. The Balaban J connectivity index is 2.39. The molecule has 0 saturated carbocycles. The van der Waals surface area contributed by atoms with Gasteiger partial charge < -0.3 is 10.6 Å². The van der Waals surface area contributed by atoms with Crippen molar-refractivity contribution in [2.75, 3.05) is 23.7 Å². The number of nitrogen functional groups attached to an aromatic ring is 1. The van der Waals surface area contributed by atoms with Crippen molar-refractivity contribution in [2.45, 2.75) is 0 Å². The van der Waals surface area contributed by atoms with Gasteiger partial charge in [-0.2, -0.15) is 5.26 Å². The van der Waals surface area contributed by atoms with E-state index in [4.69, 9.17) is 11.0 Å². The highest BCUT2D eigenvalue weighted by Crippen LogP contribution is 2.27. The van der Waals surface area contributed by atoms with E-state index in [0.717, 1.165) is 18.8 Å². The SMILES string of the molecule is N#Cc1cccc(N2CC=CC2)c1N. The lowest BCUT2D eigenvalue weighted by atomic mass is 10.1. The number of nitrogens with zero attached hydrogens (tertiary/aromatic N) is 2. The first-order chi connectivity index (χ1) is 6.83. The molecule has 0 bridgehead atoms. The molecule has 1 heterocycles. The van der Waals surface area contributed by atoms with Crippen LogP contribution < -0.4 is 10.6 Å². The van der Waals surface area contributed by atoms with E-state index < -0.39 is 0 Å². The summed E-state index contributed by atoms with van der Waals surface area (Å²) in [5.41, 5.74) is 7.97. The highest BCUT2D eigenvalue weighted by atomic mass is 15.1. The van der Waals surface area contributed by atoms with Gasteiger partial charge in [-0.05, 0) is 12.1 Å². The summed E-state index contributed by atoms with van der Waals surface area (Å²) < 4.78 is 0. The summed E-state index contributed by atoms with van der Waals surface area (Å²) in [4.78, 5) is 2.14. The van der Waals surface area contributed by atoms with Gasteiger partial charge in [-0.25, -0.2) is 0 Å². The van der Waals surface area contributed by atoms with E-state index in [-0.39, 0.29) is 0 Å². The second kappa shape index (κ2) is 3.43. The molecule has 1 aliphatic heterocycles. The fourth-order valence-corrected chi connectivity index (χ4v) is 1.60. The van der Waals surface area contributed by atoms with E-state index in [2.05, 4.69) is 23.1 Å². The minimum absolute atomic E-state index is 0.550. The number of para-hydroxylation sites is 1. The highest BCUT2D eigenvalue weighted by Gasteiger charge is 2.12. The Morgan fingerprint density at radius 3 is 2.64 bits per heavy atom. The number of nitrogens with two attached hydrogens (primary N) is 1. The topological polar surface area (TPSA) is 53.0 Å². The van der Waals surface area contributed by atoms with Crippen LogP contribution in [0.25, 0.3) is 0 Å². The Morgan fingerprint density at radius 1 is 1.29 bits per heavy atom. The summed E-state index contributed by atoms with van der Waals surface area (Å²) in [7, 11) is 0. The van der Waals surface area contributed by atoms with Crippen molar-refractivity contribution in [1.82, 2.24) is 0 Å². The van der Waals surface area contributed by atoms with Crippen LogP contribution >= 0.6 is 0 Å². The maximum Gasteiger partial charge on any atom is 0.101 e. The molecule has 0 atom stereocenters. The van der Waals surface area contributed by atoms with Crippen molar-refractivity contribution in [2.24, 2.45) is 0 Å². The highest BCUT2D eigenvalue weighted by molar-refractivity contribution is 5.74. The lowest BCUT2D eigenvalue weighted by molar-refractivity contribution is 1.01. The van der Waals surface area contributed by atoms with Gasteiger partial charge in [0.2, 0.25) is 0 Å². The zero-order valence-electron chi connectivity index (χ0n) is 7.77. The fourth-order valence-electron chi connectivity index (χ4n) is 1.60. The number of anilines is 2. The van der Waals surface area contributed by atoms with Gasteiger partial charge in [-0.15, -0.1) is 0 Å². The molecule has 1 aromatic rings. The molecule has 0 spiro atoms. The zero-order chi connectivity index (χ0) is 9.97. The van der Waals surface area contributed by atoms with Crippen LogP contribution in [0.5, 0.6) is 0 Å².